The van der Waals surface area contributed by atoms with Crippen molar-refractivity contribution in [1.29, 1.82) is 0 Å². The third kappa shape index (κ3) is 4.19. The van der Waals surface area contributed by atoms with Crippen molar-refractivity contribution in [3.05, 3.63) is 66.2 Å². The number of hydrogen-bond donors (Lipinski definition) is 0. The van der Waals surface area contributed by atoms with Crippen LogP contribution in [0.3, 0.4) is 0 Å². The molecule has 0 spiro atoms. The van der Waals surface area contributed by atoms with Gasteiger partial charge in [0.1, 0.15) is 6.61 Å². The molecule has 0 aliphatic heterocycles. The average Bonchev–Trinajstić information content (AvgIpc) is 2.47. The highest BCUT2D eigenvalue weighted by atomic mass is 31.1. The van der Waals surface area contributed by atoms with Crippen molar-refractivity contribution in [2.24, 2.45) is 0 Å². The monoisotopic (exact) mass is 275 g/mol. The molecule has 0 heterocycles. The van der Waals surface area contributed by atoms with E-state index in [1.54, 1.807) is 30.3 Å². The van der Waals surface area contributed by atoms with Crippen LogP contribution in [0, 0.1) is 0 Å². The van der Waals surface area contributed by atoms with Gasteiger partial charge in [0.05, 0.1) is 0 Å². The van der Waals surface area contributed by atoms with E-state index >= 15 is 0 Å². The summed E-state index contributed by atoms with van der Waals surface area (Å²) in [6, 6.07) is 17.7. The molecule has 96 valence electrons. The van der Waals surface area contributed by atoms with E-state index in [0.717, 1.165) is 5.56 Å². The van der Waals surface area contributed by atoms with Crippen LogP contribution < -0.4 is 5.30 Å². The van der Waals surface area contributed by atoms with Crippen LogP contribution in [0.1, 0.15) is 5.56 Å². The molecule has 0 aliphatic rings. The summed E-state index contributed by atoms with van der Waals surface area (Å²) in [4.78, 5) is 11.4. The molecule has 5 heteroatoms. The molecule has 4 nitrogen and oxygen atoms in total. The largest absolute Gasteiger partial charge is 0.603 e. The van der Waals surface area contributed by atoms with E-state index in [9.17, 15) is 9.36 Å². The van der Waals surface area contributed by atoms with Gasteiger partial charge in [0, 0.05) is 0 Å². The maximum Gasteiger partial charge on any atom is 0.603 e. The van der Waals surface area contributed by atoms with Gasteiger partial charge in [0.2, 0.25) is 5.30 Å². The number of carbonyl (C=O) groups excluding carboxylic acids is 1. The third-order valence-electron chi connectivity index (χ3n) is 2.32. The Morgan fingerprint density at radius 2 is 1.53 bits per heavy atom. The minimum Gasteiger partial charge on any atom is -0.427 e. The number of benzene rings is 2. The Morgan fingerprint density at radius 3 is 2.16 bits per heavy atom. The summed E-state index contributed by atoms with van der Waals surface area (Å²) in [6.45, 7) is 0.0949. The van der Waals surface area contributed by atoms with E-state index in [1.807, 2.05) is 30.3 Å². The van der Waals surface area contributed by atoms with Gasteiger partial charge in [-0.2, -0.15) is 9.32 Å². The first kappa shape index (κ1) is 13.2. The van der Waals surface area contributed by atoms with Gasteiger partial charge in [0.25, 0.3) is 0 Å². The Kier molecular flexibility index (Phi) is 4.65. The quantitative estimate of drug-likeness (QED) is 0.633. The molecular weight excluding hydrogens is 263 g/mol. The smallest absolute Gasteiger partial charge is 0.427 e. The van der Waals surface area contributed by atoms with Crippen molar-refractivity contribution in [1.82, 2.24) is 0 Å². The molecule has 2 aromatic carbocycles. The van der Waals surface area contributed by atoms with Crippen molar-refractivity contribution in [3.63, 3.8) is 0 Å². The lowest BCUT2D eigenvalue weighted by molar-refractivity contribution is 0.0962. The second-order valence-electron chi connectivity index (χ2n) is 3.71. The Morgan fingerprint density at radius 1 is 0.947 bits per heavy atom. The SMILES string of the molecule is O=C(OCc1ccccc1)O[P+](=O)c1ccccc1. The number of hydrogen-bond acceptors (Lipinski definition) is 4. The molecule has 19 heavy (non-hydrogen) atoms. The Balaban J connectivity index is 1.83. The van der Waals surface area contributed by atoms with Crippen LogP contribution in [0.4, 0.5) is 4.79 Å². The highest BCUT2D eigenvalue weighted by molar-refractivity contribution is 7.48. The van der Waals surface area contributed by atoms with Crippen LogP contribution in [0.25, 0.3) is 0 Å². The molecule has 1 unspecified atom stereocenters. The van der Waals surface area contributed by atoms with Crippen LogP contribution in [-0.2, 0) is 20.4 Å². The first-order chi connectivity index (χ1) is 9.25. The van der Waals surface area contributed by atoms with Crippen molar-refractivity contribution in [3.8, 4) is 0 Å². The molecular formula is C14H12O4P+. The van der Waals surface area contributed by atoms with Crippen LogP contribution in [0.5, 0.6) is 0 Å². The van der Waals surface area contributed by atoms with E-state index in [2.05, 4.69) is 0 Å². The number of carbonyl (C=O) groups is 1. The molecule has 2 rings (SSSR count). The van der Waals surface area contributed by atoms with E-state index in [1.165, 1.54) is 0 Å². The highest BCUT2D eigenvalue weighted by Gasteiger charge is 2.27. The van der Waals surface area contributed by atoms with Gasteiger partial charge in [-0.1, -0.05) is 48.5 Å². The molecule has 0 N–H and O–H groups in total. The van der Waals surface area contributed by atoms with Crippen molar-refractivity contribution < 1.29 is 18.6 Å². The third-order valence-corrected chi connectivity index (χ3v) is 3.36. The molecule has 0 saturated carbocycles. The standard InChI is InChI=1S/C14H12O4P/c15-14(17-11-12-7-3-1-4-8-12)18-19(16)13-9-5-2-6-10-13/h1-10H,11H2/q+1. The van der Waals surface area contributed by atoms with Crippen molar-refractivity contribution in [2.45, 2.75) is 6.61 Å². The first-order valence-corrected chi connectivity index (χ1v) is 6.84. The Hall–Kier alpha value is -2.19. The summed E-state index contributed by atoms with van der Waals surface area (Å²) >= 11 is 0. The summed E-state index contributed by atoms with van der Waals surface area (Å²) in [6.07, 6.45) is -0.936. The van der Waals surface area contributed by atoms with E-state index < -0.39 is 14.2 Å². The summed E-state index contributed by atoms with van der Waals surface area (Å²) in [5, 5.41) is 0.453. The minimum absolute atomic E-state index is 0.0949. The van der Waals surface area contributed by atoms with E-state index in [0.29, 0.717) is 5.30 Å². The fourth-order valence-corrected chi connectivity index (χ4v) is 2.12. The summed E-state index contributed by atoms with van der Waals surface area (Å²) in [5.74, 6) is 0. The fraction of sp³-hybridized carbons (Fsp3) is 0.0714. The van der Waals surface area contributed by atoms with Crippen LogP contribution in [0.2, 0.25) is 0 Å². The zero-order chi connectivity index (χ0) is 13.5. The van der Waals surface area contributed by atoms with Gasteiger partial charge in [-0.25, -0.2) is 0 Å². The lowest BCUT2D eigenvalue weighted by Crippen LogP contribution is -2.06. The Labute approximate surface area is 111 Å². The summed E-state index contributed by atoms with van der Waals surface area (Å²) < 4.78 is 21.3. The summed E-state index contributed by atoms with van der Waals surface area (Å²) in [7, 11) is -2.22. The molecule has 0 fully saturated rings. The summed E-state index contributed by atoms with van der Waals surface area (Å²) in [5.41, 5.74) is 0.842. The second-order valence-corrected chi connectivity index (χ2v) is 4.92. The second kappa shape index (κ2) is 6.66. The van der Waals surface area contributed by atoms with Crippen molar-refractivity contribution in [2.75, 3.05) is 0 Å². The first-order valence-electron chi connectivity index (χ1n) is 5.66. The van der Waals surface area contributed by atoms with Gasteiger partial charge in [0.15, 0.2) is 0 Å². The molecule has 0 aromatic heterocycles. The predicted molar refractivity (Wildman–Crippen MR) is 71.4 cm³/mol. The van der Waals surface area contributed by atoms with Gasteiger partial charge in [-0.3, -0.25) is 0 Å². The molecule has 0 aliphatic carbocycles. The lowest BCUT2D eigenvalue weighted by Gasteiger charge is -1.99. The molecule has 0 saturated heterocycles. The minimum atomic E-state index is -2.22. The zero-order valence-corrected chi connectivity index (χ0v) is 11.0. The topological polar surface area (TPSA) is 52.6 Å². The lowest BCUT2D eigenvalue weighted by atomic mass is 10.2. The van der Waals surface area contributed by atoms with Gasteiger partial charge in [-0.05, 0) is 22.3 Å². The molecule has 0 bridgehead atoms. The van der Waals surface area contributed by atoms with Gasteiger partial charge < -0.3 is 4.74 Å². The molecule has 0 radical (unpaired) electrons. The van der Waals surface area contributed by atoms with Crippen LogP contribution >= 0.6 is 8.03 Å². The fourth-order valence-electron chi connectivity index (χ4n) is 1.41. The maximum atomic E-state index is 11.7. The Bertz CT molecular complexity index is 554. The zero-order valence-electron chi connectivity index (χ0n) is 10.1. The van der Waals surface area contributed by atoms with Gasteiger partial charge in [-0.15, -0.1) is 0 Å². The van der Waals surface area contributed by atoms with Crippen molar-refractivity contribution >= 4 is 19.5 Å². The van der Waals surface area contributed by atoms with Crippen LogP contribution in [-0.4, -0.2) is 6.16 Å². The van der Waals surface area contributed by atoms with E-state index in [-0.39, 0.29) is 6.61 Å². The van der Waals surface area contributed by atoms with E-state index in [4.69, 9.17) is 9.26 Å². The average molecular weight is 275 g/mol. The van der Waals surface area contributed by atoms with Gasteiger partial charge >= 0.3 is 14.2 Å². The van der Waals surface area contributed by atoms with Crippen LogP contribution in [0.15, 0.2) is 60.7 Å². The molecule has 2 aromatic rings. The number of rotatable bonds is 4. The normalized spacial score (nSPS) is 10.6. The highest BCUT2D eigenvalue weighted by Crippen LogP contribution is 2.22. The number of ether oxygens (including phenoxy) is 1. The maximum absolute atomic E-state index is 11.7. The molecule has 0 amide bonds. The molecule has 1 atom stereocenters. The predicted octanol–water partition coefficient (Wildman–Crippen LogP) is 3.41.